The molecule has 0 spiro atoms. The van der Waals surface area contributed by atoms with E-state index in [2.05, 4.69) is 22.5 Å². The Hall–Kier alpha value is -4.63. The Labute approximate surface area is 250 Å². The highest BCUT2D eigenvalue weighted by Crippen LogP contribution is 2.28. The van der Waals surface area contributed by atoms with Gasteiger partial charge in [0.05, 0.1) is 24.5 Å². The van der Waals surface area contributed by atoms with Gasteiger partial charge in [0.2, 0.25) is 11.8 Å². The third kappa shape index (κ3) is 8.45. The second kappa shape index (κ2) is 14.5. The zero-order valence-electron chi connectivity index (χ0n) is 24.3. The van der Waals surface area contributed by atoms with Gasteiger partial charge in [0.25, 0.3) is 0 Å². The van der Waals surface area contributed by atoms with Crippen molar-refractivity contribution in [3.63, 3.8) is 0 Å². The fourth-order valence-corrected chi connectivity index (χ4v) is 4.98. The number of hydrogen-bond acceptors (Lipinski definition) is 7. The first-order valence-electron chi connectivity index (χ1n) is 14.2. The molecule has 2 aromatic carbocycles. The van der Waals surface area contributed by atoms with Crippen LogP contribution in [0.5, 0.6) is 0 Å². The second-order valence-electron chi connectivity index (χ2n) is 10.4. The van der Waals surface area contributed by atoms with E-state index in [9.17, 15) is 24.3 Å². The van der Waals surface area contributed by atoms with Crippen molar-refractivity contribution in [2.75, 3.05) is 56.1 Å². The number of benzene rings is 2. The predicted molar refractivity (Wildman–Crippen MR) is 158 cm³/mol. The van der Waals surface area contributed by atoms with Gasteiger partial charge in [-0.1, -0.05) is 24.0 Å². The molecular formula is C31H36FN5O6. The molecule has 2 aliphatic rings. The Bertz CT molecular complexity index is 1400. The van der Waals surface area contributed by atoms with Gasteiger partial charge in [-0.05, 0) is 49.4 Å². The number of rotatable bonds is 10. The number of carbonyl (C=O) groups is 4. The Balaban J connectivity index is 1.22. The van der Waals surface area contributed by atoms with Crippen LogP contribution in [0, 0.1) is 17.7 Å². The number of nitrogens with zero attached hydrogens (tertiary/aromatic N) is 3. The lowest BCUT2D eigenvalue weighted by atomic mass is 10.0. The molecule has 43 heavy (non-hydrogen) atoms. The predicted octanol–water partition coefficient (Wildman–Crippen LogP) is 1.98. The Morgan fingerprint density at radius 3 is 2.47 bits per heavy atom. The molecule has 4 rings (SSSR count). The summed E-state index contributed by atoms with van der Waals surface area (Å²) in [7, 11) is 1.61. The number of halogens is 1. The number of amides is 3. The van der Waals surface area contributed by atoms with Crippen molar-refractivity contribution in [2.24, 2.45) is 0 Å². The van der Waals surface area contributed by atoms with E-state index in [1.807, 2.05) is 29.2 Å². The third-order valence-electron chi connectivity index (χ3n) is 7.41. The minimum absolute atomic E-state index is 0.00624. The zero-order valence-corrected chi connectivity index (χ0v) is 24.3. The van der Waals surface area contributed by atoms with Gasteiger partial charge < -0.3 is 30.3 Å². The number of ether oxygens (including phenoxy) is 1. The number of aliphatic carboxylic acids is 1. The quantitative estimate of drug-likeness (QED) is 0.357. The Morgan fingerprint density at radius 1 is 1.12 bits per heavy atom. The molecule has 0 bridgehead atoms. The Morgan fingerprint density at radius 2 is 1.84 bits per heavy atom. The molecule has 228 valence electrons. The van der Waals surface area contributed by atoms with E-state index in [0.29, 0.717) is 50.4 Å². The highest BCUT2D eigenvalue weighted by molar-refractivity contribution is 5.90. The lowest BCUT2D eigenvalue weighted by Crippen LogP contribution is -2.49. The number of carboxylic acids is 1. The van der Waals surface area contributed by atoms with Gasteiger partial charge in [0.1, 0.15) is 18.0 Å². The van der Waals surface area contributed by atoms with Crippen molar-refractivity contribution in [3.8, 4) is 11.8 Å². The van der Waals surface area contributed by atoms with Crippen LogP contribution in [-0.2, 0) is 25.5 Å². The summed E-state index contributed by atoms with van der Waals surface area (Å²) >= 11 is 0. The van der Waals surface area contributed by atoms with Crippen molar-refractivity contribution < 1.29 is 33.4 Å². The van der Waals surface area contributed by atoms with Crippen LogP contribution < -0.4 is 20.4 Å². The smallest absolute Gasteiger partial charge is 0.414 e. The third-order valence-corrected chi connectivity index (χ3v) is 7.41. The lowest BCUT2D eigenvalue weighted by Gasteiger charge is -2.36. The summed E-state index contributed by atoms with van der Waals surface area (Å²) in [6, 6.07) is 11.3. The van der Waals surface area contributed by atoms with Gasteiger partial charge in [0.15, 0.2) is 0 Å². The summed E-state index contributed by atoms with van der Waals surface area (Å²) in [6.45, 7) is 3.65. The maximum Gasteiger partial charge on any atom is 0.414 e. The van der Waals surface area contributed by atoms with Crippen LogP contribution in [0.1, 0.15) is 30.9 Å². The van der Waals surface area contributed by atoms with Crippen molar-refractivity contribution in [2.45, 2.75) is 38.3 Å². The first-order chi connectivity index (χ1) is 20.6. The number of carboxylic acid groups (broad SMARTS) is 1. The topological polar surface area (TPSA) is 132 Å². The van der Waals surface area contributed by atoms with Crippen LogP contribution in [0.4, 0.5) is 20.6 Å². The molecule has 0 aromatic heterocycles. The van der Waals surface area contributed by atoms with Crippen molar-refractivity contribution >= 4 is 35.3 Å². The van der Waals surface area contributed by atoms with Gasteiger partial charge in [-0.25, -0.2) is 9.18 Å². The average Bonchev–Trinajstić information content (AvgIpc) is 3.37. The number of anilines is 2. The summed E-state index contributed by atoms with van der Waals surface area (Å²) in [5.41, 5.74) is 2.46. The fourth-order valence-electron chi connectivity index (χ4n) is 4.98. The van der Waals surface area contributed by atoms with Crippen LogP contribution >= 0.6 is 0 Å². The summed E-state index contributed by atoms with van der Waals surface area (Å²) < 4.78 is 20.4. The minimum Gasteiger partial charge on any atom is -0.480 e. The molecule has 11 nitrogen and oxygen atoms in total. The maximum absolute atomic E-state index is 15.1. The molecule has 2 saturated heterocycles. The molecule has 2 heterocycles. The lowest BCUT2D eigenvalue weighted by molar-refractivity contribution is -0.139. The number of cyclic esters (lactones) is 1. The summed E-state index contributed by atoms with van der Waals surface area (Å²) in [6.07, 6.45) is -0.0381. The molecule has 2 fully saturated rings. The molecule has 0 saturated carbocycles. The van der Waals surface area contributed by atoms with E-state index in [4.69, 9.17) is 4.74 Å². The van der Waals surface area contributed by atoms with Crippen LogP contribution in [0.25, 0.3) is 0 Å². The molecule has 2 atom stereocenters. The van der Waals surface area contributed by atoms with E-state index >= 15 is 4.39 Å². The van der Waals surface area contributed by atoms with Crippen molar-refractivity contribution in [1.29, 1.82) is 0 Å². The van der Waals surface area contributed by atoms with Gasteiger partial charge in [-0.2, -0.15) is 0 Å². The van der Waals surface area contributed by atoms with Crippen LogP contribution in [-0.4, -0.2) is 92.3 Å². The summed E-state index contributed by atoms with van der Waals surface area (Å²) in [5.74, 6) is 4.47. The molecule has 2 aliphatic heterocycles. The fraction of sp³-hybridized carbons (Fsp3) is 0.419. The minimum atomic E-state index is -0.901. The second-order valence-corrected chi connectivity index (χ2v) is 10.4. The van der Waals surface area contributed by atoms with Gasteiger partial charge in [-0.3, -0.25) is 19.3 Å². The maximum atomic E-state index is 15.1. The van der Waals surface area contributed by atoms with E-state index in [1.165, 1.54) is 17.9 Å². The molecule has 3 N–H and O–H groups in total. The molecular weight excluding hydrogens is 557 g/mol. The van der Waals surface area contributed by atoms with E-state index in [-0.39, 0.29) is 31.3 Å². The van der Waals surface area contributed by atoms with Gasteiger partial charge in [0, 0.05) is 51.5 Å². The van der Waals surface area contributed by atoms with Crippen molar-refractivity contribution in [3.05, 3.63) is 59.4 Å². The van der Waals surface area contributed by atoms with Gasteiger partial charge in [-0.15, -0.1) is 0 Å². The average molecular weight is 594 g/mol. The first-order valence-corrected chi connectivity index (χ1v) is 14.2. The molecule has 0 unspecified atom stereocenters. The van der Waals surface area contributed by atoms with Crippen LogP contribution in [0.3, 0.4) is 0 Å². The molecule has 0 radical (unpaired) electrons. The summed E-state index contributed by atoms with van der Waals surface area (Å²) in [5, 5.41) is 14.6. The standard InChI is InChI=1S/C31H36FN5O6/c1-21(38)34-19-25-20-37(31(42)43-25)24-11-12-28(26(32)18-24)35-13-15-36(16-14-35)29(39)6-4-3-5-22-7-9-23(10-8-22)17-27(33-2)30(40)41/h7-12,18,25,27,33H,4,6,13-17,19-20H2,1-2H3,(H,34,38)(H,40,41)/t25-,27-/m0/s1. The largest absolute Gasteiger partial charge is 0.480 e. The van der Waals surface area contributed by atoms with E-state index in [1.54, 1.807) is 24.1 Å². The van der Waals surface area contributed by atoms with Crippen molar-refractivity contribution in [1.82, 2.24) is 15.5 Å². The number of hydrogen-bond donors (Lipinski definition) is 3. The number of nitrogens with one attached hydrogen (secondary N) is 2. The highest BCUT2D eigenvalue weighted by Gasteiger charge is 2.33. The molecule has 12 heteroatoms. The number of piperazine rings is 1. The van der Waals surface area contributed by atoms with E-state index in [0.717, 1.165) is 11.1 Å². The summed E-state index contributed by atoms with van der Waals surface area (Å²) in [4.78, 5) is 52.3. The SMILES string of the molecule is CN[C@@H](Cc1ccc(C#CCCC(=O)N2CCN(c3ccc(N4C[C@H](CNC(C)=O)OC4=O)cc3F)CC2)cc1)C(=O)O. The van der Waals surface area contributed by atoms with Crippen LogP contribution in [0.15, 0.2) is 42.5 Å². The van der Waals surface area contributed by atoms with Gasteiger partial charge >= 0.3 is 12.1 Å². The number of likely N-dealkylation sites (N-methyl/N-ethyl adjacent to an activating group) is 1. The highest BCUT2D eigenvalue weighted by atomic mass is 19.1. The van der Waals surface area contributed by atoms with Crippen LogP contribution in [0.2, 0.25) is 0 Å². The monoisotopic (exact) mass is 593 g/mol. The first kappa shape index (κ1) is 31.3. The normalized spacial score (nSPS) is 17.1. The molecule has 3 amide bonds. The van der Waals surface area contributed by atoms with E-state index < -0.39 is 30.0 Å². The molecule has 2 aromatic rings. The molecule has 0 aliphatic carbocycles. The number of carbonyl (C=O) groups excluding carboxylic acids is 3. The zero-order chi connectivity index (χ0) is 30.9. The Kier molecular flexibility index (Phi) is 10.6.